The van der Waals surface area contributed by atoms with Gasteiger partial charge in [-0.25, -0.2) is 0 Å². The van der Waals surface area contributed by atoms with E-state index in [0.29, 0.717) is 18.3 Å². The summed E-state index contributed by atoms with van der Waals surface area (Å²) in [5, 5.41) is 3.25. The van der Waals surface area contributed by atoms with E-state index in [1.165, 1.54) is 0 Å². The molecule has 130 valence electrons. The summed E-state index contributed by atoms with van der Waals surface area (Å²) in [5.41, 5.74) is 0.743. The quantitative estimate of drug-likeness (QED) is 0.902. The summed E-state index contributed by atoms with van der Waals surface area (Å²) in [5.74, 6) is 0.478. The minimum atomic E-state index is -0.266. The van der Waals surface area contributed by atoms with Crippen LogP contribution in [0, 0.1) is 5.92 Å². The molecule has 1 N–H and O–H groups in total. The summed E-state index contributed by atoms with van der Waals surface area (Å²) in [6.07, 6.45) is 2.38. The molecule has 0 saturated carbocycles. The van der Waals surface area contributed by atoms with Crippen molar-refractivity contribution in [1.82, 2.24) is 10.2 Å². The molecule has 3 rings (SSSR count). The number of piperidine rings is 1. The number of likely N-dealkylation sites (N-methyl/N-ethyl adjacent to an activating group) is 1. The van der Waals surface area contributed by atoms with Gasteiger partial charge in [-0.2, -0.15) is 0 Å². The number of ether oxygens (including phenoxy) is 1. The molecule has 0 spiro atoms. The average Bonchev–Trinajstić information content (AvgIpc) is 3.02. The molecule has 2 unspecified atom stereocenters. The predicted octanol–water partition coefficient (Wildman–Crippen LogP) is 1.26. The molecule has 0 aliphatic carbocycles. The molecule has 0 radical (unpaired) electrons. The van der Waals surface area contributed by atoms with E-state index in [0.717, 1.165) is 31.6 Å². The van der Waals surface area contributed by atoms with E-state index >= 15 is 0 Å². The molecule has 2 saturated heterocycles. The highest BCUT2D eigenvalue weighted by atomic mass is 16.5. The van der Waals surface area contributed by atoms with Crippen LogP contribution >= 0.6 is 0 Å². The van der Waals surface area contributed by atoms with Crippen LogP contribution in [0.4, 0.5) is 5.69 Å². The van der Waals surface area contributed by atoms with Crippen LogP contribution in [-0.2, 0) is 9.59 Å². The molecule has 0 bridgehead atoms. The summed E-state index contributed by atoms with van der Waals surface area (Å²) < 4.78 is 5.35. The highest BCUT2D eigenvalue weighted by Gasteiger charge is 2.38. The fourth-order valence-electron chi connectivity index (χ4n) is 3.63. The van der Waals surface area contributed by atoms with Crippen LogP contribution in [0.2, 0.25) is 0 Å². The van der Waals surface area contributed by atoms with Gasteiger partial charge in [0.25, 0.3) is 0 Å². The molecule has 2 aliphatic heterocycles. The van der Waals surface area contributed by atoms with Crippen molar-refractivity contribution in [2.45, 2.75) is 25.3 Å². The van der Waals surface area contributed by atoms with E-state index < -0.39 is 0 Å². The first-order chi connectivity index (χ1) is 11.6. The van der Waals surface area contributed by atoms with Crippen LogP contribution in [0.15, 0.2) is 24.3 Å². The van der Waals surface area contributed by atoms with E-state index in [2.05, 4.69) is 5.32 Å². The molecule has 1 aromatic carbocycles. The summed E-state index contributed by atoms with van der Waals surface area (Å²) in [4.78, 5) is 28.9. The Kier molecular flexibility index (Phi) is 5.04. The van der Waals surface area contributed by atoms with Crippen molar-refractivity contribution in [2.75, 3.05) is 38.7 Å². The highest BCUT2D eigenvalue weighted by Crippen LogP contribution is 2.33. The van der Waals surface area contributed by atoms with Gasteiger partial charge in [0.1, 0.15) is 5.75 Å². The average molecular weight is 331 g/mol. The van der Waals surface area contributed by atoms with E-state index in [-0.39, 0.29) is 24.2 Å². The topological polar surface area (TPSA) is 61.9 Å². The molecule has 0 aromatic heterocycles. The van der Waals surface area contributed by atoms with Crippen LogP contribution in [0.5, 0.6) is 5.75 Å². The number of anilines is 1. The molecule has 6 nitrogen and oxygen atoms in total. The smallest absolute Gasteiger partial charge is 0.228 e. The van der Waals surface area contributed by atoms with Crippen LogP contribution in [0.25, 0.3) is 0 Å². The largest absolute Gasteiger partial charge is 0.495 e. The van der Waals surface area contributed by atoms with Crippen molar-refractivity contribution < 1.29 is 14.3 Å². The molecule has 2 fully saturated rings. The van der Waals surface area contributed by atoms with E-state index in [1.807, 2.05) is 36.2 Å². The first-order valence-electron chi connectivity index (χ1n) is 8.53. The number of nitrogens with one attached hydrogen (secondary N) is 1. The summed E-state index contributed by atoms with van der Waals surface area (Å²) in [6, 6.07) is 7.80. The Morgan fingerprint density at radius 1 is 1.29 bits per heavy atom. The van der Waals surface area contributed by atoms with Crippen LogP contribution in [0.1, 0.15) is 19.3 Å². The van der Waals surface area contributed by atoms with Gasteiger partial charge in [0, 0.05) is 32.1 Å². The molecular formula is C18H25N3O3. The number of carbonyl (C=O) groups is 2. The second-order valence-electron chi connectivity index (χ2n) is 6.49. The maximum absolute atomic E-state index is 12.8. The molecule has 2 aliphatic rings. The lowest BCUT2D eigenvalue weighted by atomic mass is 10.0. The predicted molar refractivity (Wildman–Crippen MR) is 92.1 cm³/mol. The van der Waals surface area contributed by atoms with Crippen molar-refractivity contribution in [1.29, 1.82) is 0 Å². The Morgan fingerprint density at radius 2 is 2.08 bits per heavy atom. The molecule has 2 atom stereocenters. The number of benzene rings is 1. The lowest BCUT2D eigenvalue weighted by Gasteiger charge is -2.34. The van der Waals surface area contributed by atoms with Gasteiger partial charge >= 0.3 is 0 Å². The van der Waals surface area contributed by atoms with E-state index in [4.69, 9.17) is 4.74 Å². The SMILES string of the molecule is CNC1CCCN(C(=O)C2CC(=O)N(c3ccccc3OC)C2)C1. The zero-order valence-corrected chi connectivity index (χ0v) is 14.3. The third-order valence-electron chi connectivity index (χ3n) is 4.99. The van der Waals surface area contributed by atoms with Gasteiger partial charge in [-0.15, -0.1) is 0 Å². The second kappa shape index (κ2) is 7.21. The van der Waals surface area contributed by atoms with Crippen molar-refractivity contribution >= 4 is 17.5 Å². The Hall–Kier alpha value is -2.08. The van der Waals surface area contributed by atoms with E-state index in [1.54, 1.807) is 12.0 Å². The van der Waals surface area contributed by atoms with Gasteiger partial charge in [-0.1, -0.05) is 12.1 Å². The Labute approximate surface area is 142 Å². The van der Waals surface area contributed by atoms with Crippen molar-refractivity contribution in [3.05, 3.63) is 24.3 Å². The van der Waals surface area contributed by atoms with Crippen molar-refractivity contribution in [2.24, 2.45) is 5.92 Å². The number of methoxy groups -OCH3 is 1. The first-order valence-corrected chi connectivity index (χ1v) is 8.53. The fourth-order valence-corrected chi connectivity index (χ4v) is 3.63. The van der Waals surface area contributed by atoms with Crippen molar-refractivity contribution in [3.8, 4) is 5.75 Å². The number of amides is 2. The van der Waals surface area contributed by atoms with Crippen LogP contribution in [-0.4, -0.2) is 56.5 Å². The minimum Gasteiger partial charge on any atom is -0.495 e. The molecular weight excluding hydrogens is 306 g/mol. The number of nitrogens with zero attached hydrogens (tertiary/aromatic N) is 2. The van der Waals surface area contributed by atoms with Gasteiger partial charge in [-0.3, -0.25) is 9.59 Å². The minimum absolute atomic E-state index is 0.0139. The van der Waals surface area contributed by atoms with Gasteiger partial charge in [0.15, 0.2) is 0 Å². The Bertz CT molecular complexity index is 619. The summed E-state index contributed by atoms with van der Waals surface area (Å²) >= 11 is 0. The first kappa shape index (κ1) is 16.8. The standard InChI is InChI=1S/C18H25N3O3/c1-19-14-6-5-9-20(12-14)18(23)13-10-17(22)21(11-13)15-7-3-4-8-16(15)24-2/h3-4,7-8,13-14,19H,5-6,9-12H2,1-2H3. The van der Waals surface area contributed by atoms with Crippen LogP contribution < -0.4 is 15.0 Å². The third kappa shape index (κ3) is 3.24. The van der Waals surface area contributed by atoms with Gasteiger partial charge in [0.2, 0.25) is 11.8 Å². The fraction of sp³-hybridized carbons (Fsp3) is 0.556. The lowest BCUT2D eigenvalue weighted by Crippen LogP contribution is -2.49. The second-order valence-corrected chi connectivity index (χ2v) is 6.49. The Morgan fingerprint density at radius 3 is 2.83 bits per heavy atom. The number of hydrogen-bond donors (Lipinski definition) is 1. The maximum atomic E-state index is 12.8. The molecule has 2 heterocycles. The van der Waals surface area contributed by atoms with Gasteiger partial charge in [0.05, 0.1) is 18.7 Å². The van der Waals surface area contributed by atoms with Crippen molar-refractivity contribution in [3.63, 3.8) is 0 Å². The molecule has 1 aromatic rings. The number of hydrogen-bond acceptors (Lipinski definition) is 4. The van der Waals surface area contributed by atoms with E-state index in [9.17, 15) is 9.59 Å². The number of carbonyl (C=O) groups excluding carboxylic acids is 2. The zero-order valence-electron chi connectivity index (χ0n) is 14.3. The molecule has 24 heavy (non-hydrogen) atoms. The molecule has 2 amide bonds. The maximum Gasteiger partial charge on any atom is 0.228 e. The normalized spacial score (nSPS) is 24.3. The third-order valence-corrected chi connectivity index (χ3v) is 4.99. The van der Waals surface area contributed by atoms with Gasteiger partial charge < -0.3 is 19.9 Å². The summed E-state index contributed by atoms with van der Waals surface area (Å²) in [7, 11) is 3.52. The summed E-state index contributed by atoms with van der Waals surface area (Å²) in [6.45, 7) is 1.95. The molecule has 6 heteroatoms. The highest BCUT2D eigenvalue weighted by molar-refractivity contribution is 6.01. The number of rotatable bonds is 4. The zero-order chi connectivity index (χ0) is 17.1. The Balaban J connectivity index is 1.71. The lowest BCUT2D eigenvalue weighted by molar-refractivity contribution is -0.137. The van der Waals surface area contributed by atoms with Crippen LogP contribution in [0.3, 0.4) is 0 Å². The monoisotopic (exact) mass is 331 g/mol. The number of likely N-dealkylation sites (tertiary alicyclic amines) is 1. The number of para-hydroxylation sites is 2. The van der Waals surface area contributed by atoms with Gasteiger partial charge in [-0.05, 0) is 32.0 Å².